The van der Waals surface area contributed by atoms with Gasteiger partial charge in [-0.2, -0.15) is 0 Å². The molecule has 2 aliphatic rings. The first-order valence-electron chi connectivity index (χ1n) is 8.10. The number of nitrogens with zero attached hydrogens (tertiary/aromatic N) is 3. The van der Waals surface area contributed by atoms with Crippen LogP contribution in [0.1, 0.15) is 38.9 Å². The number of hydrogen-bond acceptors (Lipinski definition) is 2. The summed E-state index contributed by atoms with van der Waals surface area (Å²) < 4.78 is 2.10. The minimum Gasteiger partial charge on any atom is -0.342 e. The van der Waals surface area contributed by atoms with Gasteiger partial charge in [0.05, 0.1) is 0 Å². The van der Waals surface area contributed by atoms with Crippen LogP contribution in [-0.2, 0) is 17.8 Å². The van der Waals surface area contributed by atoms with Crippen LogP contribution in [0.3, 0.4) is 0 Å². The van der Waals surface area contributed by atoms with E-state index in [1.54, 1.807) is 0 Å². The van der Waals surface area contributed by atoms with Crippen molar-refractivity contribution in [2.75, 3.05) is 13.1 Å². The lowest BCUT2D eigenvalue weighted by molar-refractivity contribution is -0.130. The van der Waals surface area contributed by atoms with Gasteiger partial charge < -0.3 is 9.47 Å². The summed E-state index contributed by atoms with van der Waals surface area (Å²) in [7, 11) is 0. The molecule has 114 valence electrons. The van der Waals surface area contributed by atoms with Gasteiger partial charge in [0, 0.05) is 44.9 Å². The molecule has 1 aliphatic heterocycles. The van der Waals surface area contributed by atoms with E-state index in [1.165, 1.54) is 12.0 Å². The Morgan fingerprint density at radius 2 is 2.19 bits per heavy atom. The summed E-state index contributed by atoms with van der Waals surface area (Å²) in [4.78, 5) is 18.8. The zero-order valence-corrected chi connectivity index (χ0v) is 13.1. The number of fused-ring (bicyclic) bond motifs is 1. The van der Waals surface area contributed by atoms with Gasteiger partial charge in [0.25, 0.3) is 0 Å². The van der Waals surface area contributed by atoms with Gasteiger partial charge in [0.2, 0.25) is 5.91 Å². The predicted molar refractivity (Wildman–Crippen MR) is 82.8 cm³/mol. The van der Waals surface area contributed by atoms with Crippen LogP contribution in [0.15, 0.2) is 24.0 Å². The van der Waals surface area contributed by atoms with E-state index in [4.69, 9.17) is 0 Å². The van der Waals surface area contributed by atoms with Crippen molar-refractivity contribution in [1.29, 1.82) is 0 Å². The van der Waals surface area contributed by atoms with Crippen molar-refractivity contribution in [3.8, 4) is 0 Å². The molecule has 2 atom stereocenters. The fourth-order valence-electron chi connectivity index (χ4n) is 3.72. The smallest absolute Gasteiger partial charge is 0.224 e. The van der Waals surface area contributed by atoms with Crippen LogP contribution >= 0.6 is 0 Å². The molecular formula is C17H25N3O. The molecule has 0 radical (unpaired) electrons. The van der Waals surface area contributed by atoms with E-state index in [1.807, 2.05) is 12.4 Å². The number of rotatable bonds is 4. The van der Waals surface area contributed by atoms with Crippen LogP contribution in [-0.4, -0.2) is 33.4 Å². The van der Waals surface area contributed by atoms with Crippen LogP contribution in [0.4, 0.5) is 0 Å². The Morgan fingerprint density at radius 1 is 1.38 bits per heavy atom. The van der Waals surface area contributed by atoms with Crippen LogP contribution in [0, 0.1) is 11.8 Å². The van der Waals surface area contributed by atoms with E-state index in [9.17, 15) is 4.79 Å². The topological polar surface area (TPSA) is 38.1 Å². The largest absolute Gasteiger partial charge is 0.342 e. The molecule has 21 heavy (non-hydrogen) atoms. The lowest BCUT2D eigenvalue weighted by Gasteiger charge is -2.21. The summed E-state index contributed by atoms with van der Waals surface area (Å²) in [5.74, 6) is 2.76. The molecule has 1 aromatic rings. The summed E-state index contributed by atoms with van der Waals surface area (Å²) in [5, 5.41) is 0. The molecule has 1 saturated heterocycles. The number of carbonyl (C=O) groups excluding carboxylic acids is 1. The van der Waals surface area contributed by atoms with Crippen molar-refractivity contribution in [3.05, 3.63) is 29.9 Å². The van der Waals surface area contributed by atoms with Crippen molar-refractivity contribution in [3.63, 3.8) is 0 Å². The number of hydrogen-bond donors (Lipinski definition) is 0. The predicted octanol–water partition coefficient (Wildman–Crippen LogP) is 2.65. The number of carbonyl (C=O) groups is 1. The van der Waals surface area contributed by atoms with Crippen molar-refractivity contribution in [2.24, 2.45) is 11.8 Å². The number of amides is 1. The number of aryl methyl sites for hydroxylation is 2. The third-order valence-corrected chi connectivity index (χ3v) is 4.97. The quantitative estimate of drug-likeness (QED) is 0.799. The van der Waals surface area contributed by atoms with Crippen molar-refractivity contribution < 1.29 is 4.79 Å². The minimum atomic E-state index is 0.304. The van der Waals surface area contributed by atoms with Gasteiger partial charge in [-0.1, -0.05) is 18.6 Å². The maximum Gasteiger partial charge on any atom is 0.224 e. The summed E-state index contributed by atoms with van der Waals surface area (Å²) in [5.41, 5.74) is 1.50. The average Bonchev–Trinajstić information content (AvgIpc) is 3.10. The summed E-state index contributed by atoms with van der Waals surface area (Å²) in [6.45, 7) is 6.98. The normalized spacial score (nSPS) is 24.9. The fourth-order valence-corrected chi connectivity index (χ4v) is 3.72. The molecule has 1 aromatic heterocycles. The zero-order valence-electron chi connectivity index (χ0n) is 13.1. The lowest BCUT2D eigenvalue weighted by Crippen LogP contribution is -2.29. The first-order valence-corrected chi connectivity index (χ1v) is 8.10. The van der Waals surface area contributed by atoms with E-state index < -0.39 is 0 Å². The van der Waals surface area contributed by atoms with Gasteiger partial charge in [-0.15, -0.1) is 0 Å². The van der Waals surface area contributed by atoms with Gasteiger partial charge in [0.15, 0.2) is 0 Å². The summed E-state index contributed by atoms with van der Waals surface area (Å²) >= 11 is 0. The molecule has 1 aliphatic carbocycles. The monoisotopic (exact) mass is 287 g/mol. The number of aromatic nitrogens is 2. The van der Waals surface area contributed by atoms with Crippen LogP contribution < -0.4 is 0 Å². The molecule has 0 spiro atoms. The van der Waals surface area contributed by atoms with E-state index in [0.717, 1.165) is 38.3 Å². The second-order valence-corrected chi connectivity index (χ2v) is 6.45. The maximum absolute atomic E-state index is 12.4. The molecule has 1 amide bonds. The van der Waals surface area contributed by atoms with E-state index in [-0.39, 0.29) is 0 Å². The molecule has 0 unspecified atom stereocenters. The third-order valence-electron chi connectivity index (χ3n) is 4.97. The Balaban J connectivity index is 1.53. The van der Waals surface area contributed by atoms with Crippen molar-refractivity contribution >= 4 is 5.91 Å². The minimum absolute atomic E-state index is 0.304. The molecule has 1 fully saturated rings. The molecule has 0 N–H and O–H groups in total. The Morgan fingerprint density at radius 3 is 3.00 bits per heavy atom. The first-order chi connectivity index (χ1) is 10.2. The van der Waals surface area contributed by atoms with Crippen LogP contribution in [0.5, 0.6) is 0 Å². The summed E-state index contributed by atoms with van der Waals surface area (Å²) in [6.07, 6.45) is 9.99. The fraction of sp³-hybridized carbons (Fsp3) is 0.647. The molecule has 0 aromatic carbocycles. The Bertz CT molecular complexity index is 546. The van der Waals surface area contributed by atoms with E-state index >= 15 is 0 Å². The van der Waals surface area contributed by atoms with Gasteiger partial charge >= 0.3 is 0 Å². The van der Waals surface area contributed by atoms with E-state index in [2.05, 4.69) is 34.4 Å². The number of allylic oxidation sites excluding steroid dienone is 2. The molecule has 4 nitrogen and oxygen atoms in total. The highest BCUT2D eigenvalue weighted by atomic mass is 16.2. The van der Waals surface area contributed by atoms with Crippen LogP contribution in [0.25, 0.3) is 0 Å². The summed E-state index contributed by atoms with van der Waals surface area (Å²) in [6, 6.07) is 0. The molecule has 3 rings (SSSR count). The second-order valence-electron chi connectivity index (χ2n) is 6.45. The standard InChI is InChI=1S/C17H25N3O/c1-3-16-18-7-9-19(16)8-6-17(21)20-11-14-5-4-13(2)10-15(14)12-20/h4,7,9,14-15H,3,5-6,8,10-12H2,1-2H3/t14-,15+/m0/s1. The average molecular weight is 287 g/mol. The van der Waals surface area contributed by atoms with Crippen molar-refractivity contribution in [2.45, 2.75) is 46.1 Å². The van der Waals surface area contributed by atoms with Gasteiger partial charge in [0.1, 0.15) is 5.82 Å². The lowest BCUT2D eigenvalue weighted by atomic mass is 9.83. The molecule has 0 bridgehead atoms. The van der Waals surface area contributed by atoms with Gasteiger partial charge in [-0.05, 0) is 31.6 Å². The highest BCUT2D eigenvalue weighted by Gasteiger charge is 2.35. The SMILES string of the molecule is CCc1nccn1CCC(=O)N1C[C@H]2CC(C)=CC[C@H]2C1. The highest BCUT2D eigenvalue weighted by Crippen LogP contribution is 2.35. The molecule has 2 heterocycles. The Hall–Kier alpha value is -1.58. The van der Waals surface area contributed by atoms with Gasteiger partial charge in [-0.3, -0.25) is 4.79 Å². The first kappa shape index (κ1) is 14.4. The van der Waals surface area contributed by atoms with E-state index in [0.29, 0.717) is 24.2 Å². The third kappa shape index (κ3) is 3.04. The Kier molecular flexibility index (Phi) is 4.13. The zero-order chi connectivity index (χ0) is 14.8. The van der Waals surface area contributed by atoms with Gasteiger partial charge in [-0.25, -0.2) is 4.98 Å². The Labute approximate surface area is 126 Å². The molecule has 0 saturated carbocycles. The molecular weight excluding hydrogens is 262 g/mol. The second kappa shape index (κ2) is 6.04. The maximum atomic E-state index is 12.4. The number of likely N-dealkylation sites (tertiary alicyclic amines) is 1. The number of imidazole rings is 1. The van der Waals surface area contributed by atoms with Crippen LogP contribution in [0.2, 0.25) is 0 Å². The highest BCUT2D eigenvalue weighted by molar-refractivity contribution is 5.76. The molecule has 4 heteroatoms. The van der Waals surface area contributed by atoms with Crippen molar-refractivity contribution in [1.82, 2.24) is 14.5 Å².